The molecule has 0 fully saturated rings. The van der Waals surface area contributed by atoms with Crippen molar-refractivity contribution in [1.29, 1.82) is 0 Å². The third kappa shape index (κ3) is 27.3. The molecule has 0 bridgehead atoms. The average molecular weight is 156 g/mol. The fourth-order valence-electron chi connectivity index (χ4n) is 0.352. The number of carbonyl (C=O) groups excluding carboxylic acids is 2. The van der Waals surface area contributed by atoms with Gasteiger partial charge in [-0.25, -0.2) is 0 Å². The quantitative estimate of drug-likeness (QED) is 0.586. The Balaban J connectivity index is 0. The van der Waals surface area contributed by atoms with Crippen LogP contribution in [0.5, 0.6) is 0 Å². The molecule has 0 heterocycles. The molecule has 0 spiro atoms. The first kappa shape index (κ1) is 12.7. The molecular formula is C9H16O2. The third-order valence-corrected chi connectivity index (χ3v) is 0.829. The van der Waals surface area contributed by atoms with Gasteiger partial charge in [0.1, 0.15) is 11.6 Å². The van der Waals surface area contributed by atoms with Crippen LogP contribution in [-0.2, 0) is 9.59 Å². The number of rotatable bonds is 3. The predicted octanol–water partition coefficient (Wildman–Crippen LogP) is 2.14. The Morgan fingerprint density at radius 1 is 1.18 bits per heavy atom. The summed E-state index contributed by atoms with van der Waals surface area (Å²) < 4.78 is 0. The molecule has 11 heavy (non-hydrogen) atoms. The summed E-state index contributed by atoms with van der Waals surface area (Å²) in [4.78, 5) is 20.4. The molecule has 64 valence electrons. The van der Waals surface area contributed by atoms with Crippen molar-refractivity contribution in [1.82, 2.24) is 0 Å². The summed E-state index contributed by atoms with van der Waals surface area (Å²) >= 11 is 0. The lowest BCUT2D eigenvalue weighted by Crippen LogP contribution is -1.95. The van der Waals surface area contributed by atoms with Gasteiger partial charge in [0.2, 0.25) is 0 Å². The zero-order valence-electron chi connectivity index (χ0n) is 7.52. The van der Waals surface area contributed by atoms with Crippen LogP contribution in [0.1, 0.15) is 33.6 Å². The van der Waals surface area contributed by atoms with Crippen LogP contribution < -0.4 is 0 Å². The van der Waals surface area contributed by atoms with E-state index >= 15 is 0 Å². The largest absolute Gasteiger partial charge is 0.300 e. The van der Waals surface area contributed by atoms with Crippen molar-refractivity contribution in [3.8, 4) is 0 Å². The van der Waals surface area contributed by atoms with Gasteiger partial charge in [-0.2, -0.15) is 0 Å². The number of allylic oxidation sites excluding steroid dienone is 1. The molecule has 0 N–H and O–H groups in total. The smallest absolute Gasteiger partial charge is 0.130 e. The van der Waals surface area contributed by atoms with Crippen LogP contribution in [0.25, 0.3) is 0 Å². The van der Waals surface area contributed by atoms with Gasteiger partial charge < -0.3 is 9.59 Å². The number of hydrogen-bond donors (Lipinski definition) is 0. The molecule has 0 aliphatic heterocycles. The fraction of sp³-hybridized carbons (Fsp3) is 0.556. The molecule has 0 radical (unpaired) electrons. The van der Waals surface area contributed by atoms with Gasteiger partial charge >= 0.3 is 0 Å². The van der Waals surface area contributed by atoms with Crippen molar-refractivity contribution < 1.29 is 9.59 Å². The van der Waals surface area contributed by atoms with Crippen molar-refractivity contribution in [2.45, 2.75) is 33.6 Å². The minimum atomic E-state index is 0.0835. The van der Waals surface area contributed by atoms with Crippen molar-refractivity contribution in [2.75, 3.05) is 0 Å². The van der Waals surface area contributed by atoms with E-state index in [0.717, 1.165) is 0 Å². The van der Waals surface area contributed by atoms with Crippen LogP contribution in [-0.4, -0.2) is 11.6 Å². The van der Waals surface area contributed by atoms with Crippen molar-refractivity contribution in [2.24, 2.45) is 0 Å². The highest BCUT2D eigenvalue weighted by Gasteiger charge is 1.95. The van der Waals surface area contributed by atoms with Gasteiger partial charge in [-0.3, -0.25) is 0 Å². The maximum absolute atomic E-state index is 10.2. The monoisotopic (exact) mass is 156 g/mol. The summed E-state index contributed by atoms with van der Waals surface area (Å²) in [7, 11) is 0. The van der Waals surface area contributed by atoms with Crippen molar-refractivity contribution in [3.05, 3.63) is 12.7 Å². The standard InChI is InChI=1S/C6H10O2.C3H6/c1-5(7)3-4-6(2)8;1-3-2/h3-4H2,1-2H3;3H,1H2,2H3. The molecule has 0 aromatic carbocycles. The molecule has 0 amide bonds. The van der Waals surface area contributed by atoms with Gasteiger partial charge in [0.15, 0.2) is 0 Å². The first-order chi connectivity index (χ1) is 5.04. The summed E-state index contributed by atoms with van der Waals surface area (Å²) in [5.41, 5.74) is 0. The Bertz CT molecular complexity index is 122. The number of Topliss-reactive ketones (excluding diaryl/α,β-unsaturated/α-hetero) is 2. The highest BCUT2D eigenvalue weighted by Crippen LogP contribution is 1.89. The molecule has 0 unspecified atom stereocenters. The van der Waals surface area contributed by atoms with Gasteiger partial charge in [-0.15, -0.1) is 6.58 Å². The second-order valence-corrected chi connectivity index (χ2v) is 2.31. The zero-order chi connectivity index (χ0) is 9.28. The highest BCUT2D eigenvalue weighted by molar-refractivity contribution is 5.83. The van der Waals surface area contributed by atoms with Gasteiger partial charge in [0.05, 0.1) is 0 Å². The van der Waals surface area contributed by atoms with E-state index in [-0.39, 0.29) is 11.6 Å². The molecule has 0 aromatic rings. The Morgan fingerprint density at radius 2 is 1.36 bits per heavy atom. The molecule has 2 heteroatoms. The maximum atomic E-state index is 10.2. The second kappa shape index (κ2) is 9.08. The number of carbonyl (C=O) groups is 2. The third-order valence-electron chi connectivity index (χ3n) is 0.829. The van der Waals surface area contributed by atoms with Crippen LogP contribution in [0.4, 0.5) is 0 Å². The van der Waals surface area contributed by atoms with Crippen molar-refractivity contribution >= 4 is 11.6 Å². The van der Waals surface area contributed by atoms with E-state index in [1.54, 1.807) is 6.08 Å². The molecular weight excluding hydrogens is 140 g/mol. The average Bonchev–Trinajstić information content (AvgIpc) is 1.85. The lowest BCUT2D eigenvalue weighted by Gasteiger charge is -1.86. The van der Waals surface area contributed by atoms with Crippen LogP contribution in [0, 0.1) is 0 Å². The first-order valence-corrected chi connectivity index (χ1v) is 3.60. The van der Waals surface area contributed by atoms with Gasteiger partial charge in [-0.05, 0) is 20.8 Å². The minimum absolute atomic E-state index is 0.0835. The molecule has 0 atom stereocenters. The lowest BCUT2D eigenvalue weighted by atomic mass is 10.2. The van der Waals surface area contributed by atoms with E-state index in [1.165, 1.54) is 13.8 Å². The van der Waals surface area contributed by atoms with Crippen LogP contribution in [0.15, 0.2) is 12.7 Å². The summed E-state index contributed by atoms with van der Waals surface area (Å²) in [5.74, 6) is 0.167. The topological polar surface area (TPSA) is 34.1 Å². The summed E-state index contributed by atoms with van der Waals surface area (Å²) in [6.07, 6.45) is 2.55. The molecule has 2 nitrogen and oxygen atoms in total. The predicted molar refractivity (Wildman–Crippen MR) is 46.5 cm³/mol. The first-order valence-electron chi connectivity index (χ1n) is 3.60. The van der Waals surface area contributed by atoms with E-state index in [0.29, 0.717) is 12.8 Å². The van der Waals surface area contributed by atoms with Gasteiger partial charge in [0.25, 0.3) is 0 Å². The zero-order valence-corrected chi connectivity index (χ0v) is 7.52. The SMILES string of the molecule is C=CC.CC(=O)CCC(C)=O. The molecule has 0 aromatic heterocycles. The lowest BCUT2D eigenvalue weighted by molar-refractivity contribution is -0.122. The van der Waals surface area contributed by atoms with E-state index < -0.39 is 0 Å². The second-order valence-electron chi connectivity index (χ2n) is 2.31. The van der Waals surface area contributed by atoms with E-state index in [4.69, 9.17) is 0 Å². The summed E-state index contributed by atoms with van der Waals surface area (Å²) in [5, 5.41) is 0. The van der Waals surface area contributed by atoms with Gasteiger partial charge in [0, 0.05) is 12.8 Å². The fourth-order valence-corrected chi connectivity index (χ4v) is 0.352. The normalized spacial score (nSPS) is 7.55. The Hall–Kier alpha value is -0.920. The Labute approximate surface area is 68.3 Å². The molecule has 0 saturated carbocycles. The summed E-state index contributed by atoms with van der Waals surface area (Å²) in [6.45, 7) is 8.23. The van der Waals surface area contributed by atoms with Gasteiger partial charge in [-0.1, -0.05) is 6.08 Å². The van der Waals surface area contributed by atoms with E-state index in [2.05, 4.69) is 6.58 Å². The van der Waals surface area contributed by atoms with Crippen LogP contribution in [0.2, 0.25) is 0 Å². The molecule has 0 aliphatic carbocycles. The Kier molecular flexibility index (Phi) is 10.5. The number of hydrogen-bond acceptors (Lipinski definition) is 2. The van der Waals surface area contributed by atoms with Crippen molar-refractivity contribution in [3.63, 3.8) is 0 Å². The molecule has 0 saturated heterocycles. The van der Waals surface area contributed by atoms with E-state index in [1.807, 2.05) is 6.92 Å². The molecule has 0 aliphatic rings. The van der Waals surface area contributed by atoms with Crippen LogP contribution >= 0.6 is 0 Å². The van der Waals surface area contributed by atoms with Crippen LogP contribution in [0.3, 0.4) is 0 Å². The minimum Gasteiger partial charge on any atom is -0.300 e. The highest BCUT2D eigenvalue weighted by atomic mass is 16.1. The number of ketones is 2. The molecule has 0 rings (SSSR count). The Morgan fingerprint density at radius 3 is 1.45 bits per heavy atom. The summed E-state index contributed by atoms with van der Waals surface area (Å²) in [6, 6.07) is 0. The maximum Gasteiger partial charge on any atom is 0.130 e. The van der Waals surface area contributed by atoms with E-state index in [9.17, 15) is 9.59 Å².